The van der Waals surface area contributed by atoms with Crippen molar-refractivity contribution < 1.29 is 23.7 Å². The van der Waals surface area contributed by atoms with Gasteiger partial charge in [0.25, 0.3) is 0 Å². The summed E-state index contributed by atoms with van der Waals surface area (Å²) in [6.45, 7) is 8.80. The summed E-state index contributed by atoms with van der Waals surface area (Å²) in [4.78, 5) is 11.3. The van der Waals surface area contributed by atoms with Gasteiger partial charge in [0.1, 0.15) is 17.8 Å². The van der Waals surface area contributed by atoms with Crippen LogP contribution in [0.2, 0.25) is 0 Å². The maximum absolute atomic E-state index is 11.3. The Hall–Kier alpha value is -2.37. The molecular formula is C26H38O5. The molecule has 1 rings (SSSR count). The summed E-state index contributed by atoms with van der Waals surface area (Å²) in [5, 5.41) is 0. The van der Waals surface area contributed by atoms with E-state index in [2.05, 4.69) is 45.9 Å². The van der Waals surface area contributed by atoms with E-state index in [0.29, 0.717) is 23.5 Å². The zero-order chi connectivity index (χ0) is 23.1. The number of hydrogen-bond acceptors (Lipinski definition) is 5. The van der Waals surface area contributed by atoms with Gasteiger partial charge in [-0.25, -0.2) is 0 Å². The van der Waals surface area contributed by atoms with Crippen molar-refractivity contribution in [3.05, 3.63) is 58.2 Å². The number of benzene rings is 1. The highest BCUT2D eigenvalue weighted by Crippen LogP contribution is 2.32. The molecule has 1 aromatic rings. The third-order valence-corrected chi connectivity index (χ3v) is 4.77. The first-order valence-electron chi connectivity index (χ1n) is 10.7. The van der Waals surface area contributed by atoms with Gasteiger partial charge in [0, 0.05) is 25.3 Å². The van der Waals surface area contributed by atoms with E-state index in [1.165, 1.54) is 16.7 Å². The van der Waals surface area contributed by atoms with Gasteiger partial charge < -0.3 is 18.9 Å². The normalized spacial score (nSPS) is 11.9. The average molecular weight is 431 g/mol. The molecule has 0 aliphatic carbocycles. The van der Waals surface area contributed by atoms with Crippen LogP contribution in [0.15, 0.2) is 47.1 Å². The number of ether oxygens (including phenoxy) is 4. The van der Waals surface area contributed by atoms with Crippen LogP contribution >= 0.6 is 0 Å². The second kappa shape index (κ2) is 15.4. The molecule has 0 aromatic heterocycles. The molecule has 1 aromatic carbocycles. The molecule has 0 radical (unpaired) electrons. The summed E-state index contributed by atoms with van der Waals surface area (Å²) in [6, 6.07) is 3.42. The van der Waals surface area contributed by atoms with Crippen molar-refractivity contribution in [2.75, 3.05) is 27.8 Å². The van der Waals surface area contributed by atoms with Gasteiger partial charge in [0.05, 0.1) is 0 Å². The van der Waals surface area contributed by atoms with E-state index in [9.17, 15) is 4.79 Å². The lowest BCUT2D eigenvalue weighted by Crippen LogP contribution is -2.07. The van der Waals surface area contributed by atoms with Gasteiger partial charge in [-0.3, -0.25) is 4.79 Å². The predicted octanol–water partition coefficient (Wildman–Crippen LogP) is 6.43. The number of aldehydes is 1. The summed E-state index contributed by atoms with van der Waals surface area (Å²) in [5.41, 5.74) is 5.45. The third-order valence-electron chi connectivity index (χ3n) is 4.77. The largest absolute Gasteiger partial charge is 0.467 e. The van der Waals surface area contributed by atoms with Gasteiger partial charge in [-0.05, 0) is 71.9 Å². The van der Waals surface area contributed by atoms with Crippen LogP contribution in [0.5, 0.6) is 11.5 Å². The quantitative estimate of drug-likeness (QED) is 0.182. The standard InChI is InChI=1S/C26H38O5/c1-20(2)9-7-10-21(3)11-8-12-22(4)13-14-24-25(30-18-28-5)15-23(17-27)16-26(24)31-19-29-6/h9,11,13,15-17H,7-8,10,12,14,18-19H2,1-6H3/b21-11+,22-13+. The Morgan fingerprint density at radius 3 is 1.81 bits per heavy atom. The highest BCUT2D eigenvalue weighted by Gasteiger charge is 2.13. The highest BCUT2D eigenvalue weighted by atomic mass is 16.7. The minimum atomic E-state index is 0.0958. The molecule has 0 N–H and O–H groups in total. The number of hydrogen-bond donors (Lipinski definition) is 0. The van der Waals surface area contributed by atoms with Crippen molar-refractivity contribution in [2.45, 2.75) is 59.8 Å². The summed E-state index contributed by atoms with van der Waals surface area (Å²) >= 11 is 0. The third kappa shape index (κ3) is 11.0. The smallest absolute Gasteiger partial charge is 0.188 e. The van der Waals surface area contributed by atoms with Crippen LogP contribution in [0.25, 0.3) is 0 Å². The molecule has 172 valence electrons. The molecular weight excluding hydrogens is 392 g/mol. The molecule has 0 fully saturated rings. The number of carbonyl (C=O) groups is 1. The molecule has 0 saturated carbocycles. The van der Waals surface area contributed by atoms with Crippen molar-refractivity contribution in [2.24, 2.45) is 0 Å². The fraction of sp³-hybridized carbons (Fsp3) is 0.500. The highest BCUT2D eigenvalue weighted by molar-refractivity contribution is 5.77. The van der Waals surface area contributed by atoms with Crippen LogP contribution < -0.4 is 9.47 Å². The van der Waals surface area contributed by atoms with E-state index in [0.717, 1.165) is 37.5 Å². The summed E-state index contributed by atoms with van der Waals surface area (Å²) < 4.78 is 21.5. The van der Waals surface area contributed by atoms with Crippen LogP contribution in [0.1, 0.15) is 69.3 Å². The van der Waals surface area contributed by atoms with Crippen LogP contribution in [-0.2, 0) is 15.9 Å². The molecule has 31 heavy (non-hydrogen) atoms. The molecule has 0 spiro atoms. The van der Waals surface area contributed by atoms with E-state index in [1.807, 2.05) is 0 Å². The lowest BCUT2D eigenvalue weighted by molar-refractivity contribution is 0.0447. The average Bonchev–Trinajstić information content (AvgIpc) is 2.74. The van der Waals surface area contributed by atoms with E-state index >= 15 is 0 Å². The van der Waals surface area contributed by atoms with Crippen LogP contribution in [0.3, 0.4) is 0 Å². The van der Waals surface area contributed by atoms with Gasteiger partial charge in [0.15, 0.2) is 13.6 Å². The van der Waals surface area contributed by atoms with Crippen molar-refractivity contribution in [1.82, 2.24) is 0 Å². The molecule has 0 atom stereocenters. The summed E-state index contributed by atoms with van der Waals surface area (Å²) in [5.74, 6) is 1.16. The maximum Gasteiger partial charge on any atom is 0.188 e. The molecule has 0 unspecified atom stereocenters. The van der Waals surface area contributed by atoms with Crippen molar-refractivity contribution >= 4 is 6.29 Å². The molecule has 5 nitrogen and oxygen atoms in total. The lowest BCUT2D eigenvalue weighted by Gasteiger charge is -2.16. The first kappa shape index (κ1) is 26.7. The minimum Gasteiger partial charge on any atom is -0.467 e. The summed E-state index contributed by atoms with van der Waals surface area (Å²) in [7, 11) is 3.12. The van der Waals surface area contributed by atoms with Gasteiger partial charge >= 0.3 is 0 Å². The Balaban J connectivity index is 2.86. The number of rotatable bonds is 15. The maximum atomic E-state index is 11.3. The van der Waals surface area contributed by atoms with E-state index < -0.39 is 0 Å². The first-order chi connectivity index (χ1) is 14.9. The SMILES string of the molecule is COCOc1cc(C=O)cc(OCOC)c1C/C=C(\C)CC/C=C(\C)CCC=C(C)C. The van der Waals surface area contributed by atoms with Crippen molar-refractivity contribution in [3.63, 3.8) is 0 Å². The number of methoxy groups -OCH3 is 2. The lowest BCUT2D eigenvalue weighted by atomic mass is 10.0. The minimum absolute atomic E-state index is 0.0958. The topological polar surface area (TPSA) is 54.0 Å². The van der Waals surface area contributed by atoms with Gasteiger partial charge in [-0.15, -0.1) is 0 Å². The molecule has 0 aliphatic heterocycles. The fourth-order valence-corrected chi connectivity index (χ4v) is 3.03. The second-order valence-electron chi connectivity index (χ2n) is 7.88. The molecule has 0 saturated heterocycles. The van der Waals surface area contributed by atoms with E-state index in [4.69, 9.17) is 18.9 Å². The monoisotopic (exact) mass is 430 g/mol. The zero-order valence-corrected chi connectivity index (χ0v) is 20.0. The van der Waals surface area contributed by atoms with Crippen LogP contribution in [-0.4, -0.2) is 34.1 Å². The molecule has 0 aliphatic rings. The fourth-order valence-electron chi connectivity index (χ4n) is 3.03. The van der Waals surface area contributed by atoms with E-state index in [-0.39, 0.29) is 13.6 Å². The molecule has 0 heterocycles. The Morgan fingerprint density at radius 1 is 0.806 bits per heavy atom. The van der Waals surface area contributed by atoms with Crippen molar-refractivity contribution in [3.8, 4) is 11.5 Å². The first-order valence-corrected chi connectivity index (χ1v) is 10.7. The number of allylic oxidation sites excluding steroid dienone is 6. The van der Waals surface area contributed by atoms with Gasteiger partial charge in [-0.1, -0.05) is 34.9 Å². The second-order valence-corrected chi connectivity index (χ2v) is 7.88. The van der Waals surface area contributed by atoms with Crippen LogP contribution in [0.4, 0.5) is 0 Å². The molecule has 0 bridgehead atoms. The Kier molecular flexibility index (Phi) is 13.3. The summed E-state index contributed by atoms with van der Waals surface area (Å²) in [6.07, 6.45) is 12.4. The van der Waals surface area contributed by atoms with Crippen LogP contribution in [0, 0.1) is 0 Å². The Labute approximate surface area is 187 Å². The van der Waals surface area contributed by atoms with Gasteiger partial charge in [0.2, 0.25) is 0 Å². The van der Waals surface area contributed by atoms with Crippen molar-refractivity contribution in [1.29, 1.82) is 0 Å². The Morgan fingerprint density at radius 2 is 1.32 bits per heavy atom. The molecule has 0 amide bonds. The zero-order valence-electron chi connectivity index (χ0n) is 20.0. The Bertz CT molecular complexity index is 741. The van der Waals surface area contributed by atoms with E-state index in [1.54, 1.807) is 26.4 Å². The predicted molar refractivity (Wildman–Crippen MR) is 126 cm³/mol. The van der Waals surface area contributed by atoms with Gasteiger partial charge in [-0.2, -0.15) is 0 Å². The molecule has 5 heteroatoms. The number of carbonyl (C=O) groups excluding carboxylic acids is 1.